The van der Waals surface area contributed by atoms with Gasteiger partial charge in [-0.05, 0) is 56.7 Å². The van der Waals surface area contributed by atoms with Gasteiger partial charge < -0.3 is 15.4 Å². The second-order valence-corrected chi connectivity index (χ2v) is 6.31. The third-order valence-corrected chi connectivity index (χ3v) is 5.17. The minimum Gasteiger partial charge on any atom is -0.466 e. The van der Waals surface area contributed by atoms with Gasteiger partial charge in [0.25, 0.3) is 0 Å². The Balaban J connectivity index is 1.94. The van der Waals surface area contributed by atoms with Crippen molar-refractivity contribution in [1.82, 2.24) is 4.90 Å². The first kappa shape index (κ1) is 16.5. The number of carbonyl (C=O) groups is 1. The highest BCUT2D eigenvalue weighted by atomic mass is 19.1. The molecule has 1 aromatic rings. The van der Waals surface area contributed by atoms with Crippen LogP contribution in [0.1, 0.15) is 30.1 Å². The number of nitrogens with zero attached hydrogens (tertiary/aromatic N) is 2. The second kappa shape index (κ2) is 6.25. The third-order valence-electron chi connectivity index (χ3n) is 5.17. The predicted octanol–water partition coefficient (Wildman–Crippen LogP) is 2.20. The van der Waals surface area contributed by atoms with E-state index in [0.717, 1.165) is 19.6 Å². The van der Waals surface area contributed by atoms with Gasteiger partial charge in [0.2, 0.25) is 5.78 Å². The van der Waals surface area contributed by atoms with Gasteiger partial charge in [-0.15, -0.1) is 0 Å². The van der Waals surface area contributed by atoms with Crippen molar-refractivity contribution in [1.29, 1.82) is 5.26 Å². The van der Waals surface area contributed by atoms with Crippen LogP contribution in [0.2, 0.25) is 0 Å². The molecule has 1 fully saturated rings. The van der Waals surface area contributed by atoms with Crippen LogP contribution in [0.4, 0.5) is 4.39 Å². The Bertz CT molecular complexity index is 713. The average molecular weight is 329 g/mol. The van der Waals surface area contributed by atoms with Crippen LogP contribution in [0.25, 0.3) is 0 Å². The second-order valence-electron chi connectivity index (χ2n) is 6.31. The highest BCUT2D eigenvalue weighted by Crippen LogP contribution is 2.49. The number of piperidine rings is 1. The van der Waals surface area contributed by atoms with Gasteiger partial charge in [0, 0.05) is 5.56 Å². The molecule has 6 heteroatoms. The lowest BCUT2D eigenvalue weighted by atomic mass is 9.68. The predicted molar refractivity (Wildman–Crippen MR) is 86.2 cm³/mol. The van der Waals surface area contributed by atoms with Crippen LogP contribution in [-0.4, -0.2) is 36.4 Å². The molecular weight excluding hydrogens is 309 g/mol. The minimum atomic E-state index is -0.823. The molecule has 0 radical (unpaired) electrons. The molecule has 0 aliphatic carbocycles. The number of likely N-dealkylation sites (tertiary alicyclic amines) is 1. The molecule has 0 aromatic heterocycles. The summed E-state index contributed by atoms with van der Waals surface area (Å²) in [4.78, 5) is 15.2. The van der Waals surface area contributed by atoms with E-state index in [1.54, 1.807) is 0 Å². The third kappa shape index (κ3) is 2.55. The fourth-order valence-electron chi connectivity index (χ4n) is 3.69. The molecule has 1 aromatic carbocycles. The van der Waals surface area contributed by atoms with Crippen molar-refractivity contribution in [2.24, 2.45) is 11.1 Å². The average Bonchev–Trinajstić information content (AvgIpc) is 2.87. The van der Waals surface area contributed by atoms with Crippen molar-refractivity contribution in [2.45, 2.75) is 25.9 Å². The van der Waals surface area contributed by atoms with Gasteiger partial charge in [0.05, 0.1) is 11.0 Å². The molecule has 2 heterocycles. The highest BCUT2D eigenvalue weighted by molar-refractivity contribution is 6.01. The Morgan fingerprint density at radius 1 is 1.42 bits per heavy atom. The van der Waals surface area contributed by atoms with Crippen molar-refractivity contribution in [3.05, 3.63) is 47.1 Å². The Hall–Kier alpha value is -2.39. The molecule has 1 saturated heterocycles. The molecule has 24 heavy (non-hydrogen) atoms. The number of halogens is 1. The van der Waals surface area contributed by atoms with Crippen LogP contribution < -0.4 is 5.73 Å². The molecule has 126 valence electrons. The zero-order chi connectivity index (χ0) is 17.3. The lowest BCUT2D eigenvalue weighted by molar-refractivity contribution is 0.0184. The van der Waals surface area contributed by atoms with Crippen molar-refractivity contribution in [3.8, 4) is 6.07 Å². The van der Waals surface area contributed by atoms with Crippen LogP contribution in [0.15, 0.2) is 35.7 Å². The van der Waals surface area contributed by atoms with Crippen molar-refractivity contribution in [3.63, 3.8) is 0 Å². The Morgan fingerprint density at radius 2 is 2.04 bits per heavy atom. The first-order valence-electron chi connectivity index (χ1n) is 8.11. The standard InChI is InChI=1S/C18H20FN3O2/c1-2-22-9-7-18(8-10-22)14(11-20)17(21)24-16(18)15(23)12-3-5-13(19)6-4-12/h3-6,16H,2,7-10,21H2,1H3. The zero-order valence-electron chi connectivity index (χ0n) is 13.6. The molecular formula is C18H20FN3O2. The Labute approximate surface area is 140 Å². The van der Waals surface area contributed by atoms with E-state index in [-0.39, 0.29) is 11.7 Å². The summed E-state index contributed by atoms with van der Waals surface area (Å²) in [5.41, 5.74) is 5.96. The van der Waals surface area contributed by atoms with Crippen LogP contribution in [-0.2, 0) is 4.74 Å². The maximum Gasteiger partial charge on any atom is 0.204 e. The first-order valence-corrected chi connectivity index (χ1v) is 8.11. The fourth-order valence-corrected chi connectivity index (χ4v) is 3.69. The van der Waals surface area contributed by atoms with Crippen LogP contribution >= 0.6 is 0 Å². The number of benzene rings is 1. The summed E-state index contributed by atoms with van der Waals surface area (Å²) in [6, 6.07) is 7.53. The Morgan fingerprint density at radius 3 is 2.58 bits per heavy atom. The van der Waals surface area contributed by atoms with Gasteiger partial charge in [-0.3, -0.25) is 4.79 Å². The van der Waals surface area contributed by atoms with Crippen molar-refractivity contribution in [2.75, 3.05) is 19.6 Å². The molecule has 1 atom stereocenters. The normalized spacial score (nSPS) is 23.1. The van der Waals surface area contributed by atoms with Gasteiger partial charge in [0.1, 0.15) is 11.9 Å². The van der Waals surface area contributed by atoms with E-state index in [2.05, 4.69) is 17.9 Å². The summed E-state index contributed by atoms with van der Waals surface area (Å²) >= 11 is 0. The fraction of sp³-hybridized carbons (Fsp3) is 0.444. The molecule has 0 bridgehead atoms. The van der Waals surface area contributed by atoms with Gasteiger partial charge in [-0.1, -0.05) is 6.92 Å². The van der Waals surface area contributed by atoms with Crippen LogP contribution in [0.3, 0.4) is 0 Å². The number of Topliss-reactive ketones (excluding diaryl/α,β-unsaturated/α-hetero) is 1. The van der Waals surface area contributed by atoms with Gasteiger partial charge in [-0.25, -0.2) is 4.39 Å². The number of nitriles is 1. The van der Waals surface area contributed by atoms with E-state index in [4.69, 9.17) is 10.5 Å². The topological polar surface area (TPSA) is 79.3 Å². The molecule has 2 N–H and O–H groups in total. The van der Waals surface area contributed by atoms with Gasteiger partial charge >= 0.3 is 0 Å². The number of hydrogen-bond donors (Lipinski definition) is 1. The number of ketones is 1. The van der Waals surface area contributed by atoms with E-state index in [1.807, 2.05) is 0 Å². The molecule has 0 saturated carbocycles. The molecule has 1 spiro atoms. The zero-order valence-corrected chi connectivity index (χ0v) is 13.6. The minimum absolute atomic E-state index is 0.0444. The molecule has 3 rings (SSSR count). The first-order chi connectivity index (χ1) is 11.5. The highest BCUT2D eigenvalue weighted by Gasteiger charge is 2.55. The number of rotatable bonds is 3. The molecule has 2 aliphatic heterocycles. The summed E-state index contributed by atoms with van der Waals surface area (Å²) in [7, 11) is 0. The van der Waals surface area contributed by atoms with Crippen molar-refractivity contribution >= 4 is 5.78 Å². The van der Waals surface area contributed by atoms with Crippen molar-refractivity contribution < 1.29 is 13.9 Å². The van der Waals surface area contributed by atoms with Gasteiger partial charge in [-0.2, -0.15) is 5.26 Å². The Kier molecular flexibility index (Phi) is 4.29. The monoisotopic (exact) mass is 329 g/mol. The lowest BCUT2D eigenvalue weighted by Crippen LogP contribution is -2.48. The maximum atomic E-state index is 13.1. The van der Waals surface area contributed by atoms with Crippen LogP contribution in [0, 0.1) is 22.6 Å². The summed E-state index contributed by atoms with van der Waals surface area (Å²) in [6.45, 7) is 4.57. The number of carbonyl (C=O) groups excluding carboxylic acids is 1. The summed E-state index contributed by atoms with van der Waals surface area (Å²) in [5.74, 6) is -0.615. The molecule has 1 unspecified atom stereocenters. The summed E-state index contributed by atoms with van der Waals surface area (Å²) in [5, 5.41) is 9.54. The number of hydrogen-bond acceptors (Lipinski definition) is 5. The smallest absolute Gasteiger partial charge is 0.204 e. The quantitative estimate of drug-likeness (QED) is 0.860. The van der Waals surface area contributed by atoms with E-state index in [0.29, 0.717) is 24.0 Å². The van der Waals surface area contributed by atoms with Crippen LogP contribution in [0.5, 0.6) is 0 Å². The summed E-state index contributed by atoms with van der Waals surface area (Å²) in [6.07, 6.45) is 0.459. The summed E-state index contributed by atoms with van der Waals surface area (Å²) < 4.78 is 18.8. The maximum absolute atomic E-state index is 13.1. The number of nitrogens with two attached hydrogens (primary N) is 1. The van der Waals surface area contributed by atoms with E-state index < -0.39 is 17.3 Å². The number of ether oxygens (including phenoxy) is 1. The van der Waals surface area contributed by atoms with E-state index in [9.17, 15) is 14.4 Å². The van der Waals surface area contributed by atoms with E-state index >= 15 is 0 Å². The largest absolute Gasteiger partial charge is 0.466 e. The molecule has 0 amide bonds. The van der Waals surface area contributed by atoms with E-state index in [1.165, 1.54) is 24.3 Å². The molecule has 5 nitrogen and oxygen atoms in total. The molecule has 2 aliphatic rings. The SMILES string of the molecule is CCN1CCC2(CC1)C(C#N)=C(N)OC2C(=O)c1ccc(F)cc1. The lowest BCUT2D eigenvalue weighted by Gasteiger charge is -2.40. The van der Waals surface area contributed by atoms with Gasteiger partial charge in [0.15, 0.2) is 12.0 Å².